The largest absolute Gasteiger partial charge is 0.497 e. The van der Waals surface area contributed by atoms with Crippen molar-refractivity contribution in [1.29, 1.82) is 0 Å². The van der Waals surface area contributed by atoms with E-state index in [1.54, 1.807) is 40.9 Å². The highest BCUT2D eigenvalue weighted by Gasteiger charge is 2.66. The molecule has 234 valence electrons. The third-order valence-corrected chi connectivity index (χ3v) is 11.9. The number of aryl methyl sites for hydroxylation is 1. The molecule has 10 nitrogen and oxygen atoms in total. The summed E-state index contributed by atoms with van der Waals surface area (Å²) in [6.45, 7) is 6.78. The summed E-state index contributed by atoms with van der Waals surface area (Å²) in [4.78, 5) is 30.4. The molecule has 2 saturated heterocycles. The number of nitrogens with zero attached hydrogens (tertiary/aromatic N) is 5. The minimum absolute atomic E-state index is 0.0159. The molecular formula is C32H40FN5O5Si. The highest BCUT2D eigenvalue weighted by Crippen LogP contribution is 2.60. The van der Waals surface area contributed by atoms with Crippen molar-refractivity contribution < 1.29 is 28.3 Å². The number of aliphatic hydroxyl groups excluding tert-OH is 1. The van der Waals surface area contributed by atoms with E-state index in [1.165, 1.54) is 0 Å². The molecule has 3 aromatic rings. The van der Waals surface area contributed by atoms with Crippen molar-refractivity contribution in [3.63, 3.8) is 0 Å². The Morgan fingerprint density at radius 1 is 1.18 bits per heavy atom. The zero-order valence-corrected chi connectivity index (χ0v) is 26.7. The maximum Gasteiger partial charge on any atom is 0.264 e. The van der Waals surface area contributed by atoms with Crippen molar-refractivity contribution in [2.24, 2.45) is 5.92 Å². The molecule has 12 heteroatoms. The van der Waals surface area contributed by atoms with E-state index in [4.69, 9.17) is 9.47 Å². The van der Waals surface area contributed by atoms with Gasteiger partial charge >= 0.3 is 0 Å². The van der Waals surface area contributed by atoms with Gasteiger partial charge in [0.1, 0.15) is 5.75 Å². The van der Waals surface area contributed by atoms with Crippen LogP contribution in [0.15, 0.2) is 48.7 Å². The summed E-state index contributed by atoms with van der Waals surface area (Å²) in [5, 5.41) is 17.5. The Morgan fingerprint density at radius 3 is 2.61 bits per heavy atom. The summed E-state index contributed by atoms with van der Waals surface area (Å²) in [6, 6.07) is 13.3. The number of methoxy groups -OCH3 is 1. The lowest BCUT2D eigenvalue weighted by Gasteiger charge is -2.31. The van der Waals surface area contributed by atoms with Crippen LogP contribution < -0.4 is 14.5 Å². The topological polar surface area (TPSA) is 110 Å². The van der Waals surface area contributed by atoms with Gasteiger partial charge in [-0.3, -0.25) is 14.3 Å². The Balaban J connectivity index is 1.32. The van der Waals surface area contributed by atoms with Gasteiger partial charge in [-0.15, -0.1) is 5.10 Å². The first kappa shape index (κ1) is 30.4. The molecule has 2 fully saturated rings. The fourth-order valence-electron chi connectivity index (χ4n) is 7.40. The van der Waals surface area contributed by atoms with Crippen LogP contribution in [0.5, 0.6) is 5.75 Å². The predicted octanol–water partition coefficient (Wildman–Crippen LogP) is 4.36. The molecule has 0 bridgehead atoms. The molecule has 1 N–H and O–H groups in total. The normalized spacial score (nSPS) is 25.0. The fourth-order valence-corrected chi connectivity index (χ4v) is 9.94. The van der Waals surface area contributed by atoms with E-state index in [-0.39, 0.29) is 18.4 Å². The molecule has 3 aliphatic rings. The summed E-state index contributed by atoms with van der Waals surface area (Å²) >= 11 is 0. The van der Waals surface area contributed by atoms with Gasteiger partial charge in [0.2, 0.25) is 14.3 Å². The van der Waals surface area contributed by atoms with E-state index in [2.05, 4.69) is 10.3 Å². The van der Waals surface area contributed by atoms with Gasteiger partial charge < -0.3 is 28.5 Å². The van der Waals surface area contributed by atoms with Gasteiger partial charge in [0.05, 0.1) is 31.1 Å². The number of anilines is 2. The van der Waals surface area contributed by atoms with Crippen LogP contribution in [0.1, 0.15) is 43.0 Å². The number of amides is 2. The van der Waals surface area contributed by atoms with Gasteiger partial charge in [-0.1, -0.05) is 24.3 Å². The number of fused-ring (bicyclic) bond motifs is 2. The van der Waals surface area contributed by atoms with E-state index in [9.17, 15) is 14.7 Å². The lowest BCUT2D eigenvalue weighted by molar-refractivity contribution is -0.146. The Labute approximate surface area is 257 Å². The number of halogens is 1. The van der Waals surface area contributed by atoms with Crippen LogP contribution in [0.2, 0.25) is 18.6 Å². The van der Waals surface area contributed by atoms with E-state index in [0.29, 0.717) is 55.9 Å². The van der Waals surface area contributed by atoms with Crippen molar-refractivity contribution in [3.8, 4) is 5.75 Å². The minimum atomic E-state index is -3.32. The highest BCUT2D eigenvalue weighted by atomic mass is 28.4. The van der Waals surface area contributed by atoms with Crippen molar-refractivity contribution in [2.45, 2.75) is 76.0 Å². The number of carbonyl (C=O) groups excluding carboxylic acids is 2. The van der Waals surface area contributed by atoms with Crippen LogP contribution in [-0.2, 0) is 39.4 Å². The molecule has 6 rings (SSSR count). The number of benzene rings is 2. The van der Waals surface area contributed by atoms with Crippen molar-refractivity contribution in [2.75, 3.05) is 30.1 Å². The average molecular weight is 622 g/mol. The maximum absolute atomic E-state index is 16.2. The quantitative estimate of drug-likeness (QED) is 0.265. The molecule has 0 radical (unpaired) electrons. The van der Waals surface area contributed by atoms with Gasteiger partial charge in [0.15, 0.2) is 5.60 Å². The summed E-state index contributed by atoms with van der Waals surface area (Å²) in [7, 11) is -1.74. The van der Waals surface area contributed by atoms with Crippen LogP contribution in [-0.4, -0.2) is 66.7 Å². The monoisotopic (exact) mass is 621 g/mol. The smallest absolute Gasteiger partial charge is 0.264 e. The van der Waals surface area contributed by atoms with E-state index < -0.39 is 31.6 Å². The Morgan fingerprint density at radius 2 is 1.95 bits per heavy atom. The molecule has 3 aliphatic heterocycles. The van der Waals surface area contributed by atoms with Gasteiger partial charge in [-0.05, 0) is 61.8 Å². The Hall–Kier alpha value is -3.61. The standard InChI is InChI=1S/C32H40FN5O5Si/c1-21-30(44(3,4)33)28(13-16-36-20-23(14-17-39)34-35-36)43-32(21)26-18-25(42-2)11-12-27(26)38(31(32)41)19-22-7-9-24(10-8-22)37-15-5-6-29(37)40/h7-12,18,20-21,28,30,39H,5-6,13-17,19H2,1-4H3/t21-,28+,30-,32+/m0/s1. The van der Waals surface area contributed by atoms with Crippen LogP contribution in [0.3, 0.4) is 0 Å². The Bertz CT molecular complexity index is 1540. The number of aromatic nitrogens is 3. The van der Waals surface area contributed by atoms with Crippen molar-refractivity contribution in [3.05, 3.63) is 65.5 Å². The first-order valence-corrected chi connectivity index (χ1v) is 18.3. The fraction of sp³-hybridized carbons (Fsp3) is 0.500. The van der Waals surface area contributed by atoms with Crippen LogP contribution in [0.25, 0.3) is 0 Å². The molecule has 4 atom stereocenters. The number of hydrogen-bond donors (Lipinski definition) is 1. The van der Waals surface area contributed by atoms with Crippen LogP contribution in [0.4, 0.5) is 15.5 Å². The molecule has 0 aliphatic carbocycles. The molecule has 44 heavy (non-hydrogen) atoms. The van der Waals surface area contributed by atoms with Crippen LogP contribution >= 0.6 is 0 Å². The molecule has 1 aromatic heterocycles. The Kier molecular flexibility index (Phi) is 8.10. The van der Waals surface area contributed by atoms with Gasteiger partial charge in [-0.2, -0.15) is 0 Å². The SMILES string of the molecule is COc1ccc2c(c1)[C@@]1(O[C@H](CCn3cc(CCO)nn3)[C@@H]([Si](C)(C)F)[C@@H]1C)C(=O)N2Cc1ccc(N2CCCC2=O)cc1. The van der Waals surface area contributed by atoms with Gasteiger partial charge in [-0.25, -0.2) is 0 Å². The van der Waals surface area contributed by atoms with E-state index >= 15 is 4.11 Å². The second-order valence-corrected chi connectivity index (χ2v) is 16.4. The summed E-state index contributed by atoms with van der Waals surface area (Å²) in [6.07, 6.45) is 3.56. The molecule has 1 spiro atoms. The zero-order chi connectivity index (χ0) is 31.2. The van der Waals surface area contributed by atoms with E-state index in [0.717, 1.165) is 23.4 Å². The number of aliphatic hydroxyl groups is 1. The van der Waals surface area contributed by atoms with Crippen molar-refractivity contribution in [1.82, 2.24) is 15.0 Å². The molecular weight excluding hydrogens is 581 g/mol. The van der Waals surface area contributed by atoms with Crippen LogP contribution in [0, 0.1) is 5.92 Å². The predicted molar refractivity (Wildman–Crippen MR) is 166 cm³/mol. The first-order valence-electron chi connectivity index (χ1n) is 15.3. The number of rotatable bonds is 10. The highest BCUT2D eigenvalue weighted by molar-refractivity contribution is 6.72. The maximum atomic E-state index is 16.2. The summed E-state index contributed by atoms with van der Waals surface area (Å²) in [5.74, 6) is 0.0991. The number of hydrogen-bond acceptors (Lipinski definition) is 7. The lowest BCUT2D eigenvalue weighted by atomic mass is 9.82. The van der Waals surface area contributed by atoms with Gasteiger partial charge in [0.25, 0.3) is 5.91 Å². The third kappa shape index (κ3) is 5.22. The van der Waals surface area contributed by atoms with Gasteiger partial charge in [0, 0.05) is 61.4 Å². The second kappa shape index (κ2) is 11.7. The van der Waals surface area contributed by atoms with E-state index in [1.807, 2.05) is 49.4 Å². The molecule has 2 amide bonds. The zero-order valence-electron chi connectivity index (χ0n) is 25.7. The minimum Gasteiger partial charge on any atom is -0.497 e. The first-order chi connectivity index (χ1) is 21.1. The second-order valence-electron chi connectivity index (χ2n) is 12.6. The molecule has 0 unspecified atom stereocenters. The summed E-state index contributed by atoms with van der Waals surface area (Å²) < 4.78 is 30.3. The van der Waals surface area contributed by atoms with Crippen molar-refractivity contribution >= 4 is 31.6 Å². The third-order valence-electron chi connectivity index (χ3n) is 9.43. The number of carbonyl (C=O) groups is 2. The molecule has 2 aromatic carbocycles. The number of ether oxygens (including phenoxy) is 2. The molecule has 4 heterocycles. The summed E-state index contributed by atoms with van der Waals surface area (Å²) in [5.41, 5.74) is 2.08. The lowest BCUT2D eigenvalue weighted by Crippen LogP contribution is -2.45. The average Bonchev–Trinajstić information content (AvgIpc) is 3.75. The molecule has 0 saturated carbocycles.